The molecule has 0 bridgehead atoms. The van der Waals surface area contributed by atoms with E-state index >= 15 is 0 Å². The number of rotatable bonds is 9. The van der Waals surface area contributed by atoms with Gasteiger partial charge in [-0.15, -0.1) is 0 Å². The first-order valence-corrected chi connectivity index (χ1v) is 8.95. The van der Waals surface area contributed by atoms with Crippen molar-refractivity contribution in [3.63, 3.8) is 0 Å². The van der Waals surface area contributed by atoms with E-state index in [1.165, 1.54) is 0 Å². The number of benzene rings is 1. The van der Waals surface area contributed by atoms with Gasteiger partial charge in [0.15, 0.2) is 0 Å². The molecule has 0 aromatic heterocycles. The van der Waals surface area contributed by atoms with Crippen molar-refractivity contribution in [2.24, 2.45) is 0 Å². The maximum atomic E-state index is 11.5. The van der Waals surface area contributed by atoms with Crippen LogP contribution in [0.2, 0.25) is 0 Å². The molecule has 5 heteroatoms. The zero-order valence-corrected chi connectivity index (χ0v) is 13.4. The lowest BCUT2D eigenvalue weighted by atomic mass is 10.0. The Bertz CT molecular complexity index is 500. The van der Waals surface area contributed by atoms with Gasteiger partial charge in [-0.2, -0.15) is 0 Å². The molecule has 0 fully saturated rings. The fourth-order valence-electron chi connectivity index (χ4n) is 2.16. The van der Waals surface area contributed by atoms with E-state index in [0.717, 1.165) is 17.7 Å². The van der Waals surface area contributed by atoms with E-state index in [2.05, 4.69) is 5.32 Å². The van der Waals surface area contributed by atoms with Gasteiger partial charge in [-0.25, -0.2) is 8.42 Å². The number of hydrogen-bond acceptors (Lipinski definition) is 4. The summed E-state index contributed by atoms with van der Waals surface area (Å²) in [5, 5.41) is 3.25. The first kappa shape index (κ1) is 17.0. The van der Waals surface area contributed by atoms with Crippen molar-refractivity contribution in [2.45, 2.75) is 32.7 Å². The lowest BCUT2D eigenvalue weighted by Gasteiger charge is -2.19. The van der Waals surface area contributed by atoms with Crippen molar-refractivity contribution in [1.82, 2.24) is 5.32 Å². The molecular formula is C15H25NO3S. The van der Waals surface area contributed by atoms with Gasteiger partial charge in [-0.05, 0) is 32.9 Å². The van der Waals surface area contributed by atoms with Crippen LogP contribution in [-0.4, -0.2) is 33.6 Å². The summed E-state index contributed by atoms with van der Waals surface area (Å²) in [4.78, 5) is 0. The van der Waals surface area contributed by atoms with Gasteiger partial charge >= 0.3 is 0 Å². The second-order valence-corrected chi connectivity index (χ2v) is 7.16. The van der Waals surface area contributed by atoms with Crippen LogP contribution >= 0.6 is 0 Å². The minimum absolute atomic E-state index is 0.116. The molecule has 1 aromatic carbocycles. The highest BCUT2D eigenvalue weighted by Gasteiger charge is 2.15. The minimum Gasteiger partial charge on any atom is -0.494 e. The predicted octanol–water partition coefficient (Wildman–Crippen LogP) is 2.56. The molecule has 1 N–H and O–H groups in total. The molecule has 1 aromatic rings. The van der Waals surface area contributed by atoms with Crippen LogP contribution < -0.4 is 10.1 Å². The zero-order valence-electron chi connectivity index (χ0n) is 12.6. The van der Waals surface area contributed by atoms with Crippen molar-refractivity contribution in [2.75, 3.05) is 25.2 Å². The van der Waals surface area contributed by atoms with Gasteiger partial charge < -0.3 is 10.1 Å². The van der Waals surface area contributed by atoms with Gasteiger partial charge in [0.25, 0.3) is 0 Å². The molecule has 1 atom stereocenters. The largest absolute Gasteiger partial charge is 0.494 e. The molecule has 0 heterocycles. The Morgan fingerprint density at radius 3 is 2.55 bits per heavy atom. The van der Waals surface area contributed by atoms with Crippen molar-refractivity contribution >= 4 is 9.84 Å². The number of nitrogens with one attached hydrogen (secondary N) is 1. The van der Waals surface area contributed by atoms with Crippen LogP contribution in [0.5, 0.6) is 5.75 Å². The number of ether oxygens (including phenoxy) is 1. The van der Waals surface area contributed by atoms with E-state index < -0.39 is 9.84 Å². The first-order valence-electron chi connectivity index (χ1n) is 7.13. The van der Waals surface area contributed by atoms with Crippen LogP contribution in [0.3, 0.4) is 0 Å². The van der Waals surface area contributed by atoms with Crippen LogP contribution in [0, 0.1) is 0 Å². The third-order valence-corrected chi connectivity index (χ3v) is 5.12. The Hall–Kier alpha value is -1.07. The summed E-state index contributed by atoms with van der Waals surface area (Å²) in [5.41, 5.74) is 1.09. The Morgan fingerprint density at radius 2 is 1.95 bits per heavy atom. The lowest BCUT2D eigenvalue weighted by molar-refractivity contribution is 0.331. The average molecular weight is 299 g/mol. The first-order chi connectivity index (χ1) is 9.54. The summed E-state index contributed by atoms with van der Waals surface area (Å²) in [5.74, 6) is 1.33. The number of para-hydroxylation sites is 1. The monoisotopic (exact) mass is 299 g/mol. The smallest absolute Gasteiger partial charge is 0.150 e. The summed E-state index contributed by atoms with van der Waals surface area (Å²) in [6, 6.07) is 8.02. The molecule has 114 valence electrons. The van der Waals surface area contributed by atoms with E-state index in [-0.39, 0.29) is 17.5 Å². The fraction of sp³-hybridized carbons (Fsp3) is 0.600. The molecule has 0 amide bonds. The quantitative estimate of drug-likeness (QED) is 0.761. The second kappa shape index (κ2) is 8.27. The molecule has 0 spiro atoms. The van der Waals surface area contributed by atoms with Crippen LogP contribution in [0.1, 0.15) is 38.3 Å². The van der Waals surface area contributed by atoms with Crippen LogP contribution in [0.25, 0.3) is 0 Å². The molecule has 1 rings (SSSR count). The van der Waals surface area contributed by atoms with Gasteiger partial charge in [0.05, 0.1) is 12.4 Å². The third-order valence-electron chi connectivity index (χ3n) is 3.33. The maximum absolute atomic E-state index is 11.5. The highest BCUT2D eigenvalue weighted by atomic mass is 32.2. The Labute approximate surface area is 122 Å². The maximum Gasteiger partial charge on any atom is 0.150 e. The van der Waals surface area contributed by atoms with Crippen molar-refractivity contribution in [3.8, 4) is 5.75 Å². The molecule has 0 saturated heterocycles. The molecule has 0 aliphatic carbocycles. The summed E-state index contributed by atoms with van der Waals surface area (Å²) in [6.45, 7) is 4.27. The SMILES string of the molecule is CCOc1ccccc1C(CCCS(=O)(=O)CC)NC. The molecular weight excluding hydrogens is 274 g/mol. The molecule has 0 saturated carbocycles. The van der Waals surface area contributed by atoms with Crippen LogP contribution in [0.15, 0.2) is 24.3 Å². The molecule has 4 nitrogen and oxygen atoms in total. The Morgan fingerprint density at radius 1 is 1.25 bits per heavy atom. The van der Waals surface area contributed by atoms with Crippen molar-refractivity contribution in [3.05, 3.63) is 29.8 Å². The predicted molar refractivity (Wildman–Crippen MR) is 83.0 cm³/mol. The molecule has 0 aliphatic rings. The highest BCUT2D eigenvalue weighted by molar-refractivity contribution is 7.91. The summed E-state index contributed by atoms with van der Waals surface area (Å²) in [6.07, 6.45) is 1.43. The number of sulfone groups is 1. The molecule has 0 radical (unpaired) electrons. The third kappa shape index (κ3) is 5.13. The van der Waals surface area contributed by atoms with Crippen molar-refractivity contribution < 1.29 is 13.2 Å². The topological polar surface area (TPSA) is 55.4 Å². The van der Waals surface area contributed by atoms with E-state index in [9.17, 15) is 8.42 Å². The Kier molecular flexibility index (Phi) is 7.02. The number of hydrogen-bond donors (Lipinski definition) is 1. The van der Waals surface area contributed by atoms with E-state index in [4.69, 9.17) is 4.74 Å². The average Bonchev–Trinajstić information content (AvgIpc) is 2.45. The summed E-state index contributed by atoms with van der Waals surface area (Å²) in [7, 11) is -0.994. The summed E-state index contributed by atoms with van der Waals surface area (Å²) >= 11 is 0. The van der Waals surface area contributed by atoms with E-state index in [1.807, 2.05) is 38.2 Å². The molecule has 20 heavy (non-hydrogen) atoms. The minimum atomic E-state index is -2.88. The second-order valence-electron chi connectivity index (χ2n) is 4.69. The highest BCUT2D eigenvalue weighted by Crippen LogP contribution is 2.28. The van der Waals surface area contributed by atoms with Gasteiger partial charge in [-0.3, -0.25) is 0 Å². The lowest BCUT2D eigenvalue weighted by Crippen LogP contribution is -2.19. The van der Waals surface area contributed by atoms with Crippen molar-refractivity contribution in [1.29, 1.82) is 0 Å². The van der Waals surface area contributed by atoms with E-state index in [1.54, 1.807) is 6.92 Å². The standard InChI is InChI=1S/C15H25NO3S/c1-4-19-15-11-7-6-9-13(15)14(16-3)10-8-12-20(17,18)5-2/h6-7,9,11,14,16H,4-5,8,10,12H2,1-3H3. The fourth-order valence-corrected chi connectivity index (χ4v) is 3.06. The van der Waals surface area contributed by atoms with Crippen LogP contribution in [-0.2, 0) is 9.84 Å². The van der Waals surface area contributed by atoms with Gasteiger partial charge in [0, 0.05) is 17.4 Å². The zero-order chi connectivity index (χ0) is 15.0. The van der Waals surface area contributed by atoms with Gasteiger partial charge in [-0.1, -0.05) is 25.1 Å². The normalized spacial score (nSPS) is 13.2. The Balaban J connectivity index is 2.71. The van der Waals surface area contributed by atoms with Crippen LogP contribution in [0.4, 0.5) is 0 Å². The summed E-state index contributed by atoms with van der Waals surface area (Å²) < 4.78 is 28.7. The van der Waals surface area contributed by atoms with Gasteiger partial charge in [0.1, 0.15) is 15.6 Å². The molecule has 1 unspecified atom stereocenters. The molecule has 0 aliphatic heterocycles. The van der Waals surface area contributed by atoms with Gasteiger partial charge in [0.2, 0.25) is 0 Å². The van der Waals surface area contributed by atoms with E-state index in [0.29, 0.717) is 13.0 Å².